The summed E-state index contributed by atoms with van der Waals surface area (Å²) in [5.74, 6) is -1.25. The maximum Gasteiger partial charge on any atom is 0.202 e. The molecular formula is C26H26F2N6O3. The lowest BCUT2D eigenvalue weighted by molar-refractivity contribution is -0.104. The number of carbonyl (C=O) groups excluding carboxylic acids is 1. The zero-order chi connectivity index (χ0) is 25.4. The molecule has 0 unspecified atom stereocenters. The summed E-state index contributed by atoms with van der Waals surface area (Å²) < 4.78 is 40.6. The van der Waals surface area contributed by atoms with Crippen LogP contribution in [0.15, 0.2) is 42.9 Å². The monoisotopic (exact) mass is 508 g/mol. The number of aldehydes is 1. The van der Waals surface area contributed by atoms with E-state index in [2.05, 4.69) is 25.1 Å². The largest absolute Gasteiger partial charge is 0.488 e. The number of nitrogens with one attached hydrogen (secondary N) is 1. The molecule has 37 heavy (non-hydrogen) atoms. The predicted molar refractivity (Wildman–Crippen MR) is 133 cm³/mol. The number of nitrogens with zero attached hydrogens (tertiary/aromatic N) is 5. The molecule has 2 aromatic heterocycles. The van der Waals surface area contributed by atoms with Gasteiger partial charge in [0.05, 0.1) is 17.3 Å². The van der Waals surface area contributed by atoms with Crippen molar-refractivity contribution in [1.29, 1.82) is 0 Å². The lowest BCUT2D eigenvalue weighted by Gasteiger charge is -2.34. The van der Waals surface area contributed by atoms with Gasteiger partial charge in [-0.25, -0.2) is 19.3 Å². The van der Waals surface area contributed by atoms with Gasteiger partial charge in [-0.15, -0.1) is 0 Å². The van der Waals surface area contributed by atoms with Gasteiger partial charge < -0.3 is 24.6 Å². The van der Waals surface area contributed by atoms with E-state index in [4.69, 9.17) is 14.5 Å². The van der Waals surface area contributed by atoms with Gasteiger partial charge in [0, 0.05) is 38.0 Å². The number of aromatic nitrogens is 3. The van der Waals surface area contributed by atoms with Gasteiger partial charge in [0.1, 0.15) is 30.6 Å². The van der Waals surface area contributed by atoms with Crippen LogP contribution in [0.3, 0.4) is 0 Å². The number of hydrogen-bond acceptors (Lipinski definition) is 9. The fraction of sp³-hybridized carbons (Fsp3) is 0.385. The number of likely N-dealkylation sites (tertiary alicyclic amines) is 1. The van der Waals surface area contributed by atoms with E-state index in [0.717, 1.165) is 44.5 Å². The number of rotatable bonds is 8. The van der Waals surface area contributed by atoms with Crippen LogP contribution in [0, 0.1) is 11.6 Å². The molecule has 0 saturated carbocycles. The Morgan fingerprint density at radius 2 is 2.05 bits per heavy atom. The molecule has 0 spiro atoms. The number of halogens is 2. The number of pyridine rings is 1. The van der Waals surface area contributed by atoms with Gasteiger partial charge in [0.15, 0.2) is 17.4 Å². The molecule has 9 nitrogen and oxygen atoms in total. The van der Waals surface area contributed by atoms with Crippen molar-refractivity contribution in [3.63, 3.8) is 0 Å². The van der Waals surface area contributed by atoms with Crippen molar-refractivity contribution >= 4 is 34.6 Å². The summed E-state index contributed by atoms with van der Waals surface area (Å²) in [5, 5.41) is 2.88. The summed E-state index contributed by atoms with van der Waals surface area (Å²) in [6.45, 7) is 2.41. The van der Waals surface area contributed by atoms with E-state index in [1.54, 1.807) is 0 Å². The van der Waals surface area contributed by atoms with Gasteiger partial charge in [-0.2, -0.15) is 4.39 Å². The zero-order valence-corrected chi connectivity index (χ0v) is 20.0. The molecular weight excluding hydrogens is 482 g/mol. The minimum Gasteiger partial charge on any atom is -0.488 e. The van der Waals surface area contributed by atoms with Gasteiger partial charge in [0.25, 0.3) is 0 Å². The van der Waals surface area contributed by atoms with Gasteiger partial charge in [-0.05, 0) is 49.6 Å². The summed E-state index contributed by atoms with van der Waals surface area (Å²) >= 11 is 0. The predicted octanol–water partition coefficient (Wildman–Crippen LogP) is 3.58. The summed E-state index contributed by atoms with van der Waals surface area (Å²) in [4.78, 5) is 28.4. The van der Waals surface area contributed by atoms with E-state index in [0.29, 0.717) is 23.7 Å². The molecule has 5 heterocycles. The molecule has 6 rings (SSSR count). The van der Waals surface area contributed by atoms with Crippen molar-refractivity contribution in [2.24, 2.45) is 0 Å². The highest BCUT2D eigenvalue weighted by molar-refractivity contribution is 5.88. The highest BCUT2D eigenvalue weighted by Gasteiger charge is 2.42. The molecule has 0 amide bonds. The maximum atomic E-state index is 14.9. The number of anilines is 3. The Balaban J connectivity index is 1.22. The van der Waals surface area contributed by atoms with Crippen LogP contribution in [0.25, 0.3) is 11.0 Å². The van der Waals surface area contributed by atoms with Crippen LogP contribution in [0.2, 0.25) is 0 Å². The van der Waals surface area contributed by atoms with Crippen molar-refractivity contribution in [3.05, 3.63) is 54.5 Å². The minimum absolute atomic E-state index is 0.0768. The molecule has 0 radical (unpaired) electrons. The first-order valence-corrected chi connectivity index (χ1v) is 12.4. The summed E-state index contributed by atoms with van der Waals surface area (Å²) in [6.07, 6.45) is 8.14. The number of benzene rings is 1. The van der Waals surface area contributed by atoms with Crippen LogP contribution in [-0.2, 0) is 9.53 Å². The lowest BCUT2D eigenvalue weighted by Crippen LogP contribution is -2.44. The van der Waals surface area contributed by atoms with Crippen molar-refractivity contribution < 1.29 is 23.0 Å². The van der Waals surface area contributed by atoms with E-state index in [1.165, 1.54) is 24.5 Å². The Morgan fingerprint density at radius 1 is 1.14 bits per heavy atom. The number of ether oxygens (including phenoxy) is 2. The van der Waals surface area contributed by atoms with Crippen LogP contribution in [0.5, 0.6) is 5.75 Å². The molecule has 2 bridgehead atoms. The summed E-state index contributed by atoms with van der Waals surface area (Å²) in [6, 6.07) is 7.14. The molecule has 192 valence electrons. The molecule has 3 atom stereocenters. The first-order valence-electron chi connectivity index (χ1n) is 12.4. The maximum absolute atomic E-state index is 14.9. The Bertz CT molecular complexity index is 1350. The average Bonchev–Trinajstić information content (AvgIpc) is 3.68. The van der Waals surface area contributed by atoms with Crippen molar-refractivity contribution in [1.82, 2.24) is 19.9 Å². The van der Waals surface area contributed by atoms with E-state index in [-0.39, 0.29) is 36.0 Å². The van der Waals surface area contributed by atoms with Gasteiger partial charge in [-0.3, -0.25) is 4.79 Å². The van der Waals surface area contributed by atoms with Crippen molar-refractivity contribution in [2.45, 2.75) is 37.5 Å². The van der Waals surface area contributed by atoms with Crippen LogP contribution in [0.1, 0.15) is 19.3 Å². The number of allylic oxidation sites excluding steroid dienone is 1. The number of fused-ring (bicyclic) bond motifs is 3. The number of piperazine rings is 1. The van der Waals surface area contributed by atoms with Gasteiger partial charge >= 0.3 is 0 Å². The van der Waals surface area contributed by atoms with Crippen LogP contribution in [-0.4, -0.2) is 70.6 Å². The Kier molecular flexibility index (Phi) is 6.29. The van der Waals surface area contributed by atoms with Gasteiger partial charge in [0.2, 0.25) is 5.82 Å². The normalized spacial score (nSPS) is 22.9. The van der Waals surface area contributed by atoms with Crippen molar-refractivity contribution in [2.75, 3.05) is 36.5 Å². The third-order valence-electron chi connectivity index (χ3n) is 7.15. The van der Waals surface area contributed by atoms with Gasteiger partial charge in [-0.1, -0.05) is 0 Å². The SMILES string of the molecule is O=C/C=C/N1C[C@@H]2C[C@H]1CN2c1ccc2ncnc(Nc3ccc(OC[C@@H]4CCCO4)c(F)c3F)c2n1. The van der Waals surface area contributed by atoms with E-state index in [1.807, 2.05) is 18.3 Å². The molecule has 1 N–H and O–H groups in total. The molecule has 3 saturated heterocycles. The molecule has 0 aliphatic carbocycles. The highest BCUT2D eigenvalue weighted by Crippen LogP contribution is 2.35. The molecule has 3 aromatic rings. The third kappa shape index (κ3) is 4.55. The van der Waals surface area contributed by atoms with Crippen LogP contribution < -0.4 is 15.0 Å². The average molecular weight is 509 g/mol. The van der Waals surface area contributed by atoms with E-state index in [9.17, 15) is 13.6 Å². The second-order valence-corrected chi connectivity index (χ2v) is 9.44. The summed E-state index contributed by atoms with van der Waals surface area (Å²) in [7, 11) is 0. The molecule has 11 heteroatoms. The Hall–Kier alpha value is -3.86. The second kappa shape index (κ2) is 9.89. The van der Waals surface area contributed by atoms with Crippen LogP contribution in [0.4, 0.5) is 26.1 Å². The third-order valence-corrected chi connectivity index (χ3v) is 7.15. The zero-order valence-electron chi connectivity index (χ0n) is 20.0. The van der Waals surface area contributed by atoms with Crippen molar-refractivity contribution in [3.8, 4) is 5.75 Å². The first-order chi connectivity index (χ1) is 18.1. The Morgan fingerprint density at radius 3 is 2.84 bits per heavy atom. The molecule has 3 fully saturated rings. The topological polar surface area (TPSA) is 92.7 Å². The molecule has 3 aliphatic rings. The molecule has 1 aromatic carbocycles. The fourth-order valence-electron chi connectivity index (χ4n) is 5.31. The second-order valence-electron chi connectivity index (χ2n) is 9.44. The number of carbonyl (C=O) groups is 1. The smallest absolute Gasteiger partial charge is 0.202 e. The highest BCUT2D eigenvalue weighted by atomic mass is 19.2. The van der Waals surface area contributed by atoms with E-state index >= 15 is 0 Å². The quantitative estimate of drug-likeness (QED) is 0.362. The Labute approximate surface area is 212 Å². The summed E-state index contributed by atoms with van der Waals surface area (Å²) in [5.41, 5.74) is 0.963. The standard InChI is InChI=1S/C26H26F2N6O3/c27-23-19(4-6-21(24(23)28)37-14-18-3-1-10-36-18)31-26-25-20(29-15-30-26)5-7-22(32-25)34-13-16-11-17(34)12-33(16)8-2-9-35/h2,4-9,15-18H,1,3,10-14H2,(H,29,30,31)/b8-2+/t16-,17-,18-/m0/s1. The fourth-order valence-corrected chi connectivity index (χ4v) is 5.31. The van der Waals surface area contributed by atoms with E-state index < -0.39 is 11.6 Å². The molecule has 3 aliphatic heterocycles. The van der Waals surface area contributed by atoms with Crippen LogP contribution >= 0.6 is 0 Å². The number of hydrogen-bond donors (Lipinski definition) is 1. The minimum atomic E-state index is -1.07. The lowest BCUT2D eigenvalue weighted by atomic mass is 10.2. The first kappa shape index (κ1) is 23.5.